The van der Waals surface area contributed by atoms with Crippen molar-refractivity contribution < 1.29 is 4.79 Å². The van der Waals surface area contributed by atoms with Gasteiger partial charge in [0.05, 0.1) is 6.54 Å². The smallest absolute Gasteiger partial charge is 0.244 e. The van der Waals surface area contributed by atoms with Gasteiger partial charge in [0.15, 0.2) is 0 Å². The fraction of sp³-hybridized carbons (Fsp3) is 0.200. The topological polar surface area (TPSA) is 57.8 Å². The van der Waals surface area contributed by atoms with Crippen LogP contribution in [0.25, 0.3) is 6.08 Å². The average Bonchev–Trinajstić information content (AvgIpc) is 2.96. The first-order valence-corrected chi connectivity index (χ1v) is 6.31. The van der Waals surface area contributed by atoms with Gasteiger partial charge in [-0.1, -0.05) is 31.2 Å². The van der Waals surface area contributed by atoms with E-state index in [-0.39, 0.29) is 5.91 Å². The second kappa shape index (κ2) is 6.54. The lowest BCUT2D eigenvalue weighted by atomic mass is 10.1. The van der Waals surface area contributed by atoms with Gasteiger partial charge < -0.3 is 10.3 Å². The zero-order valence-electron chi connectivity index (χ0n) is 10.9. The standard InChI is InChI=1S/C15H17N3O/c1-2-12-3-5-13(6-4-12)7-8-15(19)18-11-14-16-9-10-17-14/h3-10H,2,11H2,1H3,(H,16,17)(H,18,19). The molecule has 0 aliphatic heterocycles. The number of hydrogen-bond donors (Lipinski definition) is 2. The van der Waals surface area contributed by atoms with E-state index in [9.17, 15) is 4.79 Å². The Bertz CT molecular complexity index is 541. The van der Waals surface area contributed by atoms with E-state index >= 15 is 0 Å². The van der Waals surface area contributed by atoms with Crippen molar-refractivity contribution in [3.8, 4) is 0 Å². The molecule has 0 saturated carbocycles. The van der Waals surface area contributed by atoms with Crippen molar-refractivity contribution in [2.75, 3.05) is 0 Å². The summed E-state index contributed by atoms with van der Waals surface area (Å²) in [4.78, 5) is 18.6. The molecule has 0 radical (unpaired) electrons. The zero-order valence-corrected chi connectivity index (χ0v) is 10.9. The van der Waals surface area contributed by atoms with Gasteiger partial charge in [0.25, 0.3) is 0 Å². The number of benzene rings is 1. The van der Waals surface area contributed by atoms with Crippen LogP contribution in [-0.4, -0.2) is 15.9 Å². The SMILES string of the molecule is CCc1ccc(C=CC(=O)NCc2ncc[nH]2)cc1. The largest absolute Gasteiger partial charge is 0.347 e. The maximum atomic E-state index is 11.6. The van der Waals surface area contributed by atoms with Gasteiger partial charge in [-0.2, -0.15) is 0 Å². The van der Waals surface area contributed by atoms with Crippen LogP contribution in [0.3, 0.4) is 0 Å². The number of amides is 1. The van der Waals surface area contributed by atoms with Crippen LogP contribution in [0.15, 0.2) is 42.7 Å². The van der Waals surface area contributed by atoms with Crippen LogP contribution < -0.4 is 5.32 Å². The van der Waals surface area contributed by atoms with Gasteiger partial charge in [-0.15, -0.1) is 0 Å². The van der Waals surface area contributed by atoms with Crippen molar-refractivity contribution >= 4 is 12.0 Å². The van der Waals surface area contributed by atoms with Gasteiger partial charge in [0, 0.05) is 18.5 Å². The number of rotatable bonds is 5. The fourth-order valence-corrected chi connectivity index (χ4v) is 1.66. The number of imidazole rings is 1. The normalized spacial score (nSPS) is 10.8. The lowest BCUT2D eigenvalue weighted by Crippen LogP contribution is -2.20. The van der Waals surface area contributed by atoms with Crippen molar-refractivity contribution in [2.45, 2.75) is 19.9 Å². The van der Waals surface area contributed by atoms with Crippen molar-refractivity contribution in [3.05, 3.63) is 59.7 Å². The predicted molar refractivity (Wildman–Crippen MR) is 75.3 cm³/mol. The second-order valence-corrected chi connectivity index (χ2v) is 4.18. The third kappa shape index (κ3) is 4.10. The van der Waals surface area contributed by atoms with Crippen molar-refractivity contribution in [2.24, 2.45) is 0 Å². The lowest BCUT2D eigenvalue weighted by molar-refractivity contribution is -0.116. The Morgan fingerprint density at radius 1 is 1.37 bits per heavy atom. The summed E-state index contributed by atoms with van der Waals surface area (Å²) >= 11 is 0. The number of nitrogens with one attached hydrogen (secondary N) is 2. The minimum atomic E-state index is -0.129. The summed E-state index contributed by atoms with van der Waals surface area (Å²) in [6, 6.07) is 8.16. The van der Waals surface area contributed by atoms with Crippen LogP contribution in [0.5, 0.6) is 0 Å². The van der Waals surface area contributed by atoms with Crippen molar-refractivity contribution in [1.29, 1.82) is 0 Å². The molecule has 4 heteroatoms. The number of aryl methyl sites for hydroxylation is 1. The van der Waals surface area contributed by atoms with E-state index in [1.807, 2.05) is 12.1 Å². The molecule has 0 aliphatic rings. The summed E-state index contributed by atoms with van der Waals surface area (Å²) in [6.45, 7) is 2.53. The Labute approximate surface area is 112 Å². The Morgan fingerprint density at radius 3 is 2.79 bits per heavy atom. The number of aromatic nitrogens is 2. The minimum Gasteiger partial charge on any atom is -0.347 e. The van der Waals surface area contributed by atoms with Crippen molar-refractivity contribution in [3.63, 3.8) is 0 Å². The Kier molecular flexibility index (Phi) is 4.50. The maximum Gasteiger partial charge on any atom is 0.244 e. The first-order chi connectivity index (χ1) is 9.28. The predicted octanol–water partition coefficient (Wildman–Crippen LogP) is 2.30. The molecule has 0 unspecified atom stereocenters. The maximum absolute atomic E-state index is 11.6. The van der Waals surface area contributed by atoms with Crippen LogP contribution in [0, 0.1) is 0 Å². The number of hydrogen-bond acceptors (Lipinski definition) is 2. The van der Waals surface area contributed by atoms with E-state index in [1.54, 1.807) is 18.5 Å². The molecule has 0 aliphatic carbocycles. The molecule has 2 rings (SSSR count). The van der Waals surface area contributed by atoms with Gasteiger partial charge in [0.1, 0.15) is 5.82 Å². The van der Waals surface area contributed by atoms with Crippen LogP contribution in [-0.2, 0) is 17.8 Å². The van der Waals surface area contributed by atoms with Crippen LogP contribution in [0.4, 0.5) is 0 Å². The quantitative estimate of drug-likeness (QED) is 0.805. The van der Waals surface area contributed by atoms with Gasteiger partial charge in [-0.3, -0.25) is 4.79 Å². The molecule has 98 valence electrons. The molecule has 1 aromatic carbocycles. The molecule has 2 aromatic rings. The number of H-pyrrole nitrogens is 1. The first kappa shape index (κ1) is 13.1. The number of aromatic amines is 1. The molecule has 0 atom stereocenters. The first-order valence-electron chi connectivity index (χ1n) is 6.31. The molecule has 1 aromatic heterocycles. The number of carbonyl (C=O) groups is 1. The van der Waals surface area contributed by atoms with E-state index < -0.39 is 0 Å². The molecular formula is C15H17N3O. The van der Waals surface area contributed by atoms with Crippen LogP contribution >= 0.6 is 0 Å². The number of nitrogens with zero attached hydrogens (tertiary/aromatic N) is 1. The highest BCUT2D eigenvalue weighted by atomic mass is 16.1. The Hall–Kier alpha value is -2.36. The average molecular weight is 255 g/mol. The molecule has 0 spiro atoms. The van der Waals surface area contributed by atoms with E-state index in [1.165, 1.54) is 11.6 Å². The Balaban J connectivity index is 1.85. The molecule has 1 amide bonds. The third-order valence-corrected chi connectivity index (χ3v) is 2.80. The number of carbonyl (C=O) groups excluding carboxylic acids is 1. The van der Waals surface area contributed by atoms with Gasteiger partial charge in [0.2, 0.25) is 5.91 Å². The van der Waals surface area contributed by atoms with E-state index in [0.717, 1.165) is 17.8 Å². The van der Waals surface area contributed by atoms with Gasteiger partial charge in [-0.25, -0.2) is 4.98 Å². The fourth-order valence-electron chi connectivity index (χ4n) is 1.66. The highest BCUT2D eigenvalue weighted by Gasteiger charge is 1.97. The summed E-state index contributed by atoms with van der Waals surface area (Å²) in [7, 11) is 0. The molecule has 0 bridgehead atoms. The highest BCUT2D eigenvalue weighted by Crippen LogP contribution is 2.06. The monoisotopic (exact) mass is 255 g/mol. The molecule has 1 heterocycles. The van der Waals surface area contributed by atoms with E-state index in [0.29, 0.717) is 6.54 Å². The highest BCUT2D eigenvalue weighted by molar-refractivity contribution is 5.91. The molecule has 0 fully saturated rings. The van der Waals surface area contributed by atoms with Gasteiger partial charge >= 0.3 is 0 Å². The molecule has 2 N–H and O–H groups in total. The third-order valence-electron chi connectivity index (χ3n) is 2.80. The summed E-state index contributed by atoms with van der Waals surface area (Å²) < 4.78 is 0. The van der Waals surface area contributed by atoms with E-state index in [2.05, 4.69) is 34.3 Å². The summed E-state index contributed by atoms with van der Waals surface area (Å²) in [6.07, 6.45) is 7.74. The summed E-state index contributed by atoms with van der Waals surface area (Å²) in [5, 5.41) is 2.76. The lowest BCUT2D eigenvalue weighted by Gasteiger charge is -1.99. The zero-order chi connectivity index (χ0) is 13.5. The molecule has 0 saturated heterocycles. The molecule has 4 nitrogen and oxygen atoms in total. The second-order valence-electron chi connectivity index (χ2n) is 4.18. The molecule has 19 heavy (non-hydrogen) atoms. The van der Waals surface area contributed by atoms with E-state index in [4.69, 9.17) is 0 Å². The van der Waals surface area contributed by atoms with Crippen molar-refractivity contribution in [1.82, 2.24) is 15.3 Å². The summed E-state index contributed by atoms with van der Waals surface area (Å²) in [5.41, 5.74) is 2.31. The molecular weight excluding hydrogens is 238 g/mol. The summed E-state index contributed by atoms with van der Waals surface area (Å²) in [5.74, 6) is 0.616. The minimum absolute atomic E-state index is 0.129. The van der Waals surface area contributed by atoms with Crippen LogP contribution in [0.2, 0.25) is 0 Å². The van der Waals surface area contributed by atoms with Crippen LogP contribution in [0.1, 0.15) is 23.9 Å². The van der Waals surface area contributed by atoms with Gasteiger partial charge in [-0.05, 0) is 23.6 Å². The Morgan fingerprint density at radius 2 is 2.16 bits per heavy atom.